The summed E-state index contributed by atoms with van der Waals surface area (Å²) >= 11 is 0. The standard InChI is InChI=1S/C21H27N5/c1-3-5-18-12-19(10-11-23-18)24-14-16(13-22)21-9-8-20(15(2)25-21)26-17-6-4-7-17/h8-14,17,26H,3-7,22H2,1-2H3. The Labute approximate surface area is 155 Å². The Morgan fingerprint density at radius 2 is 2.19 bits per heavy atom. The van der Waals surface area contributed by atoms with Crippen molar-refractivity contribution in [3.8, 4) is 0 Å². The SMILES string of the molecule is CCCc1cc(N=CC(=CN)c2ccc(NC3CCC3)c(C)n2)ccn1. The molecule has 0 aliphatic heterocycles. The quantitative estimate of drug-likeness (QED) is 0.726. The van der Waals surface area contributed by atoms with E-state index in [9.17, 15) is 0 Å². The summed E-state index contributed by atoms with van der Waals surface area (Å²) in [6.45, 7) is 4.17. The molecule has 5 heteroatoms. The van der Waals surface area contributed by atoms with Crippen LogP contribution in [0.15, 0.2) is 41.7 Å². The summed E-state index contributed by atoms with van der Waals surface area (Å²) in [4.78, 5) is 13.6. The molecule has 3 N–H and O–H groups in total. The third-order valence-electron chi connectivity index (χ3n) is 4.68. The molecular formula is C21H27N5. The van der Waals surface area contributed by atoms with Crippen LogP contribution in [0.25, 0.3) is 5.57 Å². The van der Waals surface area contributed by atoms with Crippen molar-refractivity contribution in [3.63, 3.8) is 0 Å². The highest BCUT2D eigenvalue weighted by Gasteiger charge is 2.18. The average Bonchev–Trinajstić information content (AvgIpc) is 2.60. The second-order valence-electron chi connectivity index (χ2n) is 6.74. The third-order valence-corrected chi connectivity index (χ3v) is 4.68. The number of nitrogens with one attached hydrogen (secondary N) is 1. The van der Waals surface area contributed by atoms with Gasteiger partial charge in [0.05, 0.1) is 22.8 Å². The van der Waals surface area contributed by atoms with Gasteiger partial charge in [-0.15, -0.1) is 0 Å². The predicted molar refractivity (Wildman–Crippen MR) is 109 cm³/mol. The molecule has 0 atom stereocenters. The van der Waals surface area contributed by atoms with Crippen molar-refractivity contribution in [1.82, 2.24) is 9.97 Å². The predicted octanol–water partition coefficient (Wildman–Crippen LogP) is 4.40. The lowest BCUT2D eigenvalue weighted by molar-refractivity contribution is 0.445. The van der Waals surface area contributed by atoms with Crippen molar-refractivity contribution >= 4 is 23.2 Å². The molecule has 0 bridgehead atoms. The van der Waals surface area contributed by atoms with Gasteiger partial charge in [-0.3, -0.25) is 15.0 Å². The maximum absolute atomic E-state index is 5.82. The molecule has 2 heterocycles. The molecule has 0 spiro atoms. The molecule has 1 fully saturated rings. The number of pyridine rings is 2. The van der Waals surface area contributed by atoms with Crippen LogP contribution in [0.3, 0.4) is 0 Å². The topological polar surface area (TPSA) is 76.2 Å². The van der Waals surface area contributed by atoms with Crippen molar-refractivity contribution in [2.45, 2.75) is 52.0 Å². The molecule has 0 saturated heterocycles. The number of aryl methyl sites for hydroxylation is 2. The number of anilines is 1. The van der Waals surface area contributed by atoms with Gasteiger partial charge in [0.2, 0.25) is 0 Å². The van der Waals surface area contributed by atoms with Gasteiger partial charge in [-0.1, -0.05) is 13.3 Å². The Kier molecular flexibility index (Phi) is 6.00. The van der Waals surface area contributed by atoms with Crippen LogP contribution in [-0.2, 0) is 6.42 Å². The molecule has 1 aliphatic rings. The van der Waals surface area contributed by atoms with Gasteiger partial charge >= 0.3 is 0 Å². The Morgan fingerprint density at radius 3 is 2.85 bits per heavy atom. The molecule has 2 aromatic heterocycles. The largest absolute Gasteiger partial charge is 0.404 e. The number of nitrogens with zero attached hydrogens (tertiary/aromatic N) is 3. The minimum atomic E-state index is 0.594. The van der Waals surface area contributed by atoms with Gasteiger partial charge in [0.25, 0.3) is 0 Å². The number of rotatable bonds is 7. The summed E-state index contributed by atoms with van der Waals surface area (Å²) < 4.78 is 0. The normalized spacial score (nSPS) is 15.2. The van der Waals surface area contributed by atoms with Crippen molar-refractivity contribution in [1.29, 1.82) is 0 Å². The molecule has 2 aromatic rings. The Balaban J connectivity index is 1.74. The van der Waals surface area contributed by atoms with E-state index in [1.165, 1.54) is 19.3 Å². The molecule has 136 valence electrons. The van der Waals surface area contributed by atoms with Gasteiger partial charge in [0, 0.05) is 35.9 Å². The van der Waals surface area contributed by atoms with Gasteiger partial charge in [-0.2, -0.15) is 0 Å². The van der Waals surface area contributed by atoms with Gasteiger partial charge in [-0.25, -0.2) is 0 Å². The molecule has 1 saturated carbocycles. The highest BCUT2D eigenvalue weighted by atomic mass is 15.0. The number of nitrogens with two attached hydrogens (primary N) is 1. The van der Waals surface area contributed by atoms with Crippen molar-refractivity contribution in [2.24, 2.45) is 10.7 Å². The third kappa shape index (κ3) is 4.48. The summed E-state index contributed by atoms with van der Waals surface area (Å²) in [6.07, 6.45) is 10.9. The maximum atomic E-state index is 5.82. The lowest BCUT2D eigenvalue weighted by Crippen LogP contribution is -2.27. The molecular weight excluding hydrogens is 322 g/mol. The smallest absolute Gasteiger partial charge is 0.0736 e. The van der Waals surface area contributed by atoms with E-state index in [4.69, 9.17) is 10.7 Å². The Morgan fingerprint density at radius 1 is 1.35 bits per heavy atom. The van der Waals surface area contributed by atoms with Crippen LogP contribution in [0.2, 0.25) is 0 Å². The molecule has 0 unspecified atom stereocenters. The zero-order valence-electron chi connectivity index (χ0n) is 15.6. The van der Waals surface area contributed by atoms with E-state index in [1.807, 2.05) is 25.1 Å². The average molecular weight is 349 g/mol. The van der Waals surface area contributed by atoms with Gasteiger partial charge < -0.3 is 11.1 Å². The van der Waals surface area contributed by atoms with Gasteiger partial charge in [0.1, 0.15) is 0 Å². The van der Waals surface area contributed by atoms with Crippen LogP contribution < -0.4 is 11.1 Å². The van der Waals surface area contributed by atoms with E-state index in [1.54, 1.807) is 18.6 Å². The van der Waals surface area contributed by atoms with Gasteiger partial charge in [0.15, 0.2) is 0 Å². The van der Waals surface area contributed by atoms with Gasteiger partial charge in [-0.05, 0) is 56.9 Å². The Hall–Kier alpha value is -2.69. The van der Waals surface area contributed by atoms with Crippen LogP contribution in [-0.4, -0.2) is 22.2 Å². The van der Waals surface area contributed by atoms with Crippen molar-refractivity contribution < 1.29 is 0 Å². The molecule has 1 aliphatic carbocycles. The molecule has 3 rings (SSSR count). The van der Waals surface area contributed by atoms with E-state index in [0.29, 0.717) is 6.04 Å². The van der Waals surface area contributed by atoms with Crippen molar-refractivity contribution in [2.75, 3.05) is 5.32 Å². The molecule has 0 radical (unpaired) electrons. The first kappa shape index (κ1) is 18.1. The minimum Gasteiger partial charge on any atom is -0.404 e. The van der Waals surface area contributed by atoms with E-state index in [0.717, 1.165) is 46.9 Å². The molecule has 5 nitrogen and oxygen atoms in total. The lowest BCUT2D eigenvalue weighted by Gasteiger charge is -2.28. The molecule has 0 amide bonds. The first-order chi connectivity index (χ1) is 12.7. The van der Waals surface area contributed by atoms with Crippen LogP contribution in [0.4, 0.5) is 11.4 Å². The number of allylic oxidation sites excluding steroid dienone is 1. The van der Waals surface area contributed by atoms with Crippen molar-refractivity contribution in [3.05, 3.63) is 53.7 Å². The first-order valence-corrected chi connectivity index (χ1v) is 9.35. The molecule has 26 heavy (non-hydrogen) atoms. The summed E-state index contributed by atoms with van der Waals surface area (Å²) in [5.41, 5.74) is 11.5. The maximum Gasteiger partial charge on any atom is 0.0736 e. The summed E-state index contributed by atoms with van der Waals surface area (Å²) in [5, 5.41) is 3.55. The second-order valence-corrected chi connectivity index (χ2v) is 6.74. The fraction of sp³-hybridized carbons (Fsp3) is 0.381. The van der Waals surface area contributed by atoms with E-state index in [2.05, 4.69) is 28.3 Å². The number of hydrogen-bond acceptors (Lipinski definition) is 5. The summed E-state index contributed by atoms with van der Waals surface area (Å²) in [6, 6.07) is 8.58. The molecule has 0 aromatic carbocycles. The summed E-state index contributed by atoms with van der Waals surface area (Å²) in [7, 11) is 0. The first-order valence-electron chi connectivity index (χ1n) is 9.35. The van der Waals surface area contributed by atoms with E-state index < -0.39 is 0 Å². The number of hydrogen-bond donors (Lipinski definition) is 2. The number of aromatic nitrogens is 2. The zero-order valence-corrected chi connectivity index (χ0v) is 15.6. The van der Waals surface area contributed by atoms with E-state index in [-0.39, 0.29) is 0 Å². The fourth-order valence-electron chi connectivity index (χ4n) is 2.92. The van der Waals surface area contributed by atoms with Crippen LogP contribution in [0.1, 0.15) is 49.7 Å². The summed E-state index contributed by atoms with van der Waals surface area (Å²) in [5.74, 6) is 0. The monoisotopic (exact) mass is 349 g/mol. The second kappa shape index (κ2) is 8.61. The number of aliphatic imine (C=N–C) groups is 1. The minimum absolute atomic E-state index is 0.594. The lowest BCUT2D eigenvalue weighted by atomic mass is 9.93. The highest BCUT2D eigenvalue weighted by molar-refractivity contribution is 6.09. The Bertz CT molecular complexity index is 806. The highest BCUT2D eigenvalue weighted by Crippen LogP contribution is 2.25. The van der Waals surface area contributed by atoms with Crippen LogP contribution in [0, 0.1) is 6.92 Å². The van der Waals surface area contributed by atoms with Crippen LogP contribution >= 0.6 is 0 Å². The van der Waals surface area contributed by atoms with Crippen LogP contribution in [0.5, 0.6) is 0 Å². The zero-order chi connectivity index (χ0) is 18.4. The fourth-order valence-corrected chi connectivity index (χ4v) is 2.92. The van der Waals surface area contributed by atoms with E-state index >= 15 is 0 Å².